The molecule has 1 atom stereocenters. The van der Waals surface area contributed by atoms with E-state index in [1.54, 1.807) is 6.07 Å². The summed E-state index contributed by atoms with van der Waals surface area (Å²) in [7, 11) is 0. The molecule has 1 aromatic heterocycles. The van der Waals surface area contributed by atoms with Crippen molar-refractivity contribution < 1.29 is 18.0 Å². The van der Waals surface area contributed by atoms with Gasteiger partial charge in [-0.25, -0.2) is 4.68 Å². The van der Waals surface area contributed by atoms with Crippen molar-refractivity contribution in [3.05, 3.63) is 95.3 Å². The van der Waals surface area contributed by atoms with Crippen LogP contribution in [0, 0.1) is 0 Å². The van der Waals surface area contributed by atoms with E-state index in [4.69, 9.17) is 0 Å². The number of benzene rings is 3. The molecule has 1 N–H and O–H groups in total. The average molecular weight is 424 g/mol. The molecular weight excluding hydrogens is 405 g/mol. The zero-order valence-electron chi connectivity index (χ0n) is 16.6. The van der Waals surface area contributed by atoms with Crippen molar-refractivity contribution in [1.29, 1.82) is 0 Å². The van der Waals surface area contributed by atoms with Crippen LogP contribution in [0.4, 0.5) is 13.2 Å². The summed E-state index contributed by atoms with van der Waals surface area (Å²) in [5.74, 6) is -0.407. The summed E-state index contributed by atoms with van der Waals surface area (Å²) in [6, 6.07) is 18.5. The van der Waals surface area contributed by atoms with Crippen LogP contribution >= 0.6 is 0 Å². The van der Waals surface area contributed by atoms with Crippen molar-refractivity contribution in [2.24, 2.45) is 0 Å². The summed E-state index contributed by atoms with van der Waals surface area (Å²) in [6.45, 7) is 1.95. The molecule has 4 rings (SSSR count). The van der Waals surface area contributed by atoms with Crippen LogP contribution in [-0.4, -0.2) is 20.9 Å². The molecule has 0 aliphatic carbocycles. The minimum Gasteiger partial charge on any atom is -0.344 e. The van der Waals surface area contributed by atoms with Crippen LogP contribution in [0.25, 0.3) is 10.8 Å². The lowest BCUT2D eigenvalue weighted by Crippen LogP contribution is -2.27. The number of aromatic nitrogens is 3. The van der Waals surface area contributed by atoms with E-state index in [1.165, 1.54) is 16.9 Å². The number of carbonyl (C=O) groups is 1. The molecule has 4 aromatic rings. The fourth-order valence-corrected chi connectivity index (χ4v) is 3.49. The molecule has 1 amide bonds. The first kappa shape index (κ1) is 20.6. The lowest BCUT2D eigenvalue weighted by atomic mass is 9.99. The first-order valence-corrected chi connectivity index (χ1v) is 9.66. The second-order valence-electron chi connectivity index (χ2n) is 7.26. The molecule has 0 bridgehead atoms. The minimum absolute atomic E-state index is 0.0725. The van der Waals surface area contributed by atoms with E-state index in [-0.39, 0.29) is 18.3 Å². The summed E-state index contributed by atoms with van der Waals surface area (Å²) in [5, 5.41) is 12.8. The Morgan fingerprint density at radius 1 is 1.06 bits per heavy atom. The van der Waals surface area contributed by atoms with Gasteiger partial charge in [0.05, 0.1) is 24.3 Å². The van der Waals surface area contributed by atoms with Gasteiger partial charge in [0, 0.05) is 0 Å². The number of fused-ring (bicyclic) bond motifs is 1. The monoisotopic (exact) mass is 424 g/mol. The van der Waals surface area contributed by atoms with Gasteiger partial charge in [0.25, 0.3) is 5.91 Å². The molecule has 31 heavy (non-hydrogen) atoms. The van der Waals surface area contributed by atoms with Gasteiger partial charge in [-0.1, -0.05) is 59.8 Å². The lowest BCUT2D eigenvalue weighted by Gasteiger charge is -2.15. The number of hydrogen-bond acceptors (Lipinski definition) is 3. The van der Waals surface area contributed by atoms with E-state index in [2.05, 4.69) is 15.6 Å². The molecule has 0 fully saturated rings. The largest absolute Gasteiger partial charge is 0.416 e. The Morgan fingerprint density at radius 3 is 2.61 bits per heavy atom. The summed E-state index contributed by atoms with van der Waals surface area (Å²) >= 11 is 0. The lowest BCUT2D eigenvalue weighted by molar-refractivity contribution is -0.137. The maximum absolute atomic E-state index is 12.9. The van der Waals surface area contributed by atoms with Crippen molar-refractivity contribution in [3.8, 4) is 0 Å². The van der Waals surface area contributed by atoms with Crippen molar-refractivity contribution in [2.45, 2.75) is 25.7 Å². The fourth-order valence-electron chi connectivity index (χ4n) is 3.49. The van der Waals surface area contributed by atoms with Gasteiger partial charge < -0.3 is 5.32 Å². The number of carbonyl (C=O) groups excluding carboxylic acids is 1. The molecule has 0 saturated heterocycles. The van der Waals surface area contributed by atoms with Crippen LogP contribution < -0.4 is 5.32 Å². The number of rotatable bonds is 5. The van der Waals surface area contributed by atoms with Crippen molar-refractivity contribution in [3.63, 3.8) is 0 Å². The standard InChI is InChI=1S/C23H19F3N4O/c1-15(19-11-5-8-17-7-2-3-10-20(17)19)27-22(31)21-14-30(29-28-21)13-16-6-4-9-18(12-16)23(24,25)26/h2-12,14-15H,13H2,1H3,(H,27,31). The first-order valence-electron chi connectivity index (χ1n) is 9.66. The molecule has 8 heteroatoms. The highest BCUT2D eigenvalue weighted by Crippen LogP contribution is 2.29. The molecule has 0 radical (unpaired) electrons. The molecular formula is C23H19F3N4O. The Labute approximate surface area is 176 Å². The third-order valence-corrected chi connectivity index (χ3v) is 5.01. The van der Waals surface area contributed by atoms with Crippen molar-refractivity contribution in [2.75, 3.05) is 0 Å². The summed E-state index contributed by atoms with van der Waals surface area (Å²) in [5.41, 5.74) is 0.754. The van der Waals surface area contributed by atoms with Crippen molar-refractivity contribution >= 4 is 16.7 Å². The average Bonchev–Trinajstić information content (AvgIpc) is 3.21. The molecule has 1 unspecified atom stereocenters. The van der Waals surface area contributed by atoms with Gasteiger partial charge in [-0.05, 0) is 41.0 Å². The fraction of sp³-hybridized carbons (Fsp3) is 0.174. The van der Waals surface area contributed by atoms with Gasteiger partial charge in [-0.3, -0.25) is 4.79 Å². The van der Waals surface area contributed by atoms with Crippen LogP contribution in [0.1, 0.15) is 40.1 Å². The van der Waals surface area contributed by atoms with Crippen LogP contribution in [0.3, 0.4) is 0 Å². The summed E-state index contributed by atoms with van der Waals surface area (Å²) < 4.78 is 40.0. The van der Waals surface area contributed by atoms with Gasteiger partial charge in [0.1, 0.15) is 0 Å². The van der Waals surface area contributed by atoms with Gasteiger partial charge in [-0.15, -0.1) is 5.10 Å². The number of nitrogens with one attached hydrogen (secondary N) is 1. The molecule has 1 heterocycles. The van der Waals surface area contributed by atoms with E-state index in [1.807, 2.05) is 49.4 Å². The molecule has 0 aliphatic heterocycles. The predicted molar refractivity (Wildman–Crippen MR) is 110 cm³/mol. The summed E-state index contributed by atoms with van der Waals surface area (Å²) in [4.78, 5) is 12.6. The molecule has 0 aliphatic rings. The number of alkyl halides is 3. The topological polar surface area (TPSA) is 59.8 Å². The van der Waals surface area contributed by atoms with Crippen LogP contribution in [0.5, 0.6) is 0 Å². The summed E-state index contributed by atoms with van der Waals surface area (Å²) in [6.07, 6.45) is -2.99. The Kier molecular flexibility index (Phi) is 5.46. The van der Waals surface area contributed by atoms with Gasteiger partial charge >= 0.3 is 6.18 Å². The second-order valence-corrected chi connectivity index (χ2v) is 7.26. The van der Waals surface area contributed by atoms with E-state index >= 15 is 0 Å². The van der Waals surface area contributed by atoms with Gasteiger partial charge in [0.2, 0.25) is 0 Å². The second kappa shape index (κ2) is 8.22. The van der Waals surface area contributed by atoms with Crippen molar-refractivity contribution in [1.82, 2.24) is 20.3 Å². The smallest absolute Gasteiger partial charge is 0.344 e. The molecule has 0 spiro atoms. The Hall–Kier alpha value is -3.68. The van der Waals surface area contributed by atoms with E-state index < -0.39 is 17.6 Å². The maximum Gasteiger partial charge on any atom is 0.416 e. The quantitative estimate of drug-likeness (QED) is 0.491. The third kappa shape index (κ3) is 4.58. The van der Waals surface area contributed by atoms with Crippen LogP contribution in [0.15, 0.2) is 72.9 Å². The normalized spacial score (nSPS) is 12.6. The zero-order chi connectivity index (χ0) is 22.0. The Morgan fingerprint density at radius 2 is 1.81 bits per heavy atom. The minimum atomic E-state index is -4.42. The highest BCUT2D eigenvalue weighted by Gasteiger charge is 2.30. The van der Waals surface area contributed by atoms with Gasteiger partial charge in [-0.2, -0.15) is 13.2 Å². The first-order chi connectivity index (χ1) is 14.8. The SMILES string of the molecule is CC(NC(=O)c1cn(Cc2cccc(C(F)(F)F)c2)nn1)c1cccc2ccccc12. The van der Waals surface area contributed by atoms with E-state index in [0.717, 1.165) is 28.5 Å². The van der Waals surface area contributed by atoms with E-state index in [0.29, 0.717) is 5.56 Å². The number of hydrogen-bond donors (Lipinski definition) is 1. The highest BCUT2D eigenvalue weighted by molar-refractivity contribution is 5.93. The molecule has 0 saturated carbocycles. The Balaban J connectivity index is 1.47. The maximum atomic E-state index is 12.9. The van der Waals surface area contributed by atoms with Crippen LogP contribution in [-0.2, 0) is 12.7 Å². The number of nitrogens with zero attached hydrogens (tertiary/aromatic N) is 3. The van der Waals surface area contributed by atoms with E-state index in [9.17, 15) is 18.0 Å². The van der Waals surface area contributed by atoms with Crippen LogP contribution in [0.2, 0.25) is 0 Å². The molecule has 5 nitrogen and oxygen atoms in total. The zero-order valence-corrected chi connectivity index (χ0v) is 16.6. The van der Waals surface area contributed by atoms with Gasteiger partial charge in [0.15, 0.2) is 5.69 Å². The number of halogens is 3. The number of amides is 1. The molecule has 158 valence electrons. The molecule has 3 aromatic carbocycles. The third-order valence-electron chi connectivity index (χ3n) is 5.01. The highest BCUT2D eigenvalue weighted by atomic mass is 19.4. The Bertz CT molecular complexity index is 1230. The predicted octanol–water partition coefficient (Wildman–Crippen LogP) is 4.99.